The Morgan fingerprint density at radius 1 is 1.15 bits per heavy atom. The fourth-order valence-electron chi connectivity index (χ4n) is 1.95. The van der Waals surface area contributed by atoms with Gasteiger partial charge in [0, 0.05) is 18.0 Å². The molecule has 3 N–H and O–H groups in total. The molecule has 0 unspecified atom stereocenters. The highest BCUT2D eigenvalue weighted by molar-refractivity contribution is 7.98. The van der Waals surface area contributed by atoms with E-state index < -0.39 is 0 Å². The molecule has 0 amide bonds. The first-order valence-corrected chi connectivity index (χ1v) is 7.60. The summed E-state index contributed by atoms with van der Waals surface area (Å²) < 4.78 is 0. The summed E-state index contributed by atoms with van der Waals surface area (Å²) in [5.41, 5.74) is 9.45. The number of nitrogens with zero attached hydrogens (tertiary/aromatic N) is 1. The molecule has 0 saturated carbocycles. The molecule has 2 rings (SSSR count). The van der Waals surface area contributed by atoms with Crippen LogP contribution < -0.4 is 11.1 Å². The maximum Gasteiger partial charge on any atom is 0.102 e. The lowest BCUT2D eigenvalue weighted by atomic mass is 10.1. The number of nitriles is 1. The van der Waals surface area contributed by atoms with Crippen molar-refractivity contribution < 1.29 is 0 Å². The zero-order valence-electron chi connectivity index (χ0n) is 11.4. The van der Waals surface area contributed by atoms with Crippen molar-refractivity contribution in [1.29, 1.82) is 5.26 Å². The van der Waals surface area contributed by atoms with Crippen LogP contribution in [-0.2, 0) is 13.1 Å². The minimum absolute atomic E-state index is 0.558. The van der Waals surface area contributed by atoms with E-state index in [0.29, 0.717) is 18.7 Å². The molecule has 3 nitrogen and oxygen atoms in total. The lowest BCUT2D eigenvalue weighted by molar-refractivity contribution is 1.06. The Kier molecular flexibility index (Phi) is 5.05. The van der Waals surface area contributed by atoms with E-state index in [-0.39, 0.29) is 0 Å². The Balaban J connectivity index is 2.12. The molecule has 4 heteroatoms. The van der Waals surface area contributed by atoms with Crippen LogP contribution in [0.2, 0.25) is 0 Å². The van der Waals surface area contributed by atoms with Gasteiger partial charge in [-0.3, -0.25) is 0 Å². The summed E-state index contributed by atoms with van der Waals surface area (Å²) in [6, 6.07) is 16.3. The van der Waals surface area contributed by atoms with Gasteiger partial charge in [0.25, 0.3) is 0 Å². The predicted octanol–water partition coefficient (Wildman–Crippen LogP) is 3.35. The zero-order chi connectivity index (χ0) is 14.4. The first-order chi connectivity index (χ1) is 9.78. The second kappa shape index (κ2) is 6.99. The molecule has 0 aliphatic rings. The summed E-state index contributed by atoms with van der Waals surface area (Å²) in [4.78, 5) is 0.996. The molecule has 0 fully saturated rings. The maximum absolute atomic E-state index is 9.28. The molecule has 0 atom stereocenters. The summed E-state index contributed by atoms with van der Waals surface area (Å²) in [7, 11) is 0. The molecule has 102 valence electrons. The number of thioether (sulfide) groups is 1. The van der Waals surface area contributed by atoms with Gasteiger partial charge in [0.05, 0.1) is 11.3 Å². The molecule has 0 bridgehead atoms. The highest BCUT2D eigenvalue weighted by atomic mass is 32.2. The van der Waals surface area contributed by atoms with Crippen LogP contribution in [0.4, 0.5) is 5.69 Å². The third-order valence-corrected chi connectivity index (χ3v) is 3.88. The summed E-state index contributed by atoms with van der Waals surface area (Å²) in [6.45, 7) is 1.25. The van der Waals surface area contributed by atoms with Gasteiger partial charge in [-0.25, -0.2) is 0 Å². The van der Waals surface area contributed by atoms with Gasteiger partial charge in [0.2, 0.25) is 0 Å². The standard InChI is InChI=1S/C16H17N3S/c1-20-16-4-2-3-15(14(16)10-18)19-11-13-7-5-12(9-17)6-8-13/h2-8,19H,9,11,17H2,1H3. The van der Waals surface area contributed by atoms with Crippen molar-refractivity contribution in [2.75, 3.05) is 11.6 Å². The van der Waals surface area contributed by atoms with Gasteiger partial charge in [0.1, 0.15) is 6.07 Å². The van der Waals surface area contributed by atoms with E-state index >= 15 is 0 Å². The topological polar surface area (TPSA) is 61.8 Å². The Labute approximate surface area is 123 Å². The zero-order valence-corrected chi connectivity index (χ0v) is 12.2. The number of rotatable bonds is 5. The molecular formula is C16H17N3S. The first-order valence-electron chi connectivity index (χ1n) is 6.37. The van der Waals surface area contributed by atoms with E-state index in [2.05, 4.69) is 23.5 Å². The summed E-state index contributed by atoms with van der Waals surface area (Å²) >= 11 is 1.58. The van der Waals surface area contributed by atoms with Gasteiger partial charge in [-0.05, 0) is 29.5 Å². The monoisotopic (exact) mass is 283 g/mol. The number of hydrogen-bond acceptors (Lipinski definition) is 4. The Hall–Kier alpha value is -1.96. The smallest absolute Gasteiger partial charge is 0.102 e. The largest absolute Gasteiger partial charge is 0.380 e. The third kappa shape index (κ3) is 3.32. The van der Waals surface area contributed by atoms with Crippen molar-refractivity contribution in [2.24, 2.45) is 5.73 Å². The fraction of sp³-hybridized carbons (Fsp3) is 0.188. The lowest BCUT2D eigenvalue weighted by Gasteiger charge is -2.11. The van der Waals surface area contributed by atoms with Gasteiger partial charge in [0.15, 0.2) is 0 Å². The average molecular weight is 283 g/mol. The van der Waals surface area contributed by atoms with Crippen LogP contribution in [-0.4, -0.2) is 6.26 Å². The predicted molar refractivity (Wildman–Crippen MR) is 84.6 cm³/mol. The molecule has 0 aliphatic carbocycles. The maximum atomic E-state index is 9.28. The van der Waals surface area contributed by atoms with E-state index in [1.165, 1.54) is 5.56 Å². The molecule has 0 aromatic heterocycles. The van der Waals surface area contributed by atoms with Gasteiger partial charge in [-0.2, -0.15) is 5.26 Å². The Morgan fingerprint density at radius 2 is 1.85 bits per heavy atom. The molecule has 2 aromatic carbocycles. The number of anilines is 1. The number of benzene rings is 2. The highest BCUT2D eigenvalue weighted by Gasteiger charge is 2.06. The number of nitrogens with one attached hydrogen (secondary N) is 1. The molecular weight excluding hydrogens is 266 g/mol. The Bertz CT molecular complexity index is 615. The second-order valence-corrected chi connectivity index (χ2v) is 5.22. The Morgan fingerprint density at radius 3 is 2.45 bits per heavy atom. The van der Waals surface area contributed by atoms with Crippen LogP contribution in [0.25, 0.3) is 0 Å². The molecule has 0 radical (unpaired) electrons. The molecule has 2 aromatic rings. The highest BCUT2D eigenvalue weighted by Crippen LogP contribution is 2.26. The van der Waals surface area contributed by atoms with Crippen LogP contribution in [0.5, 0.6) is 0 Å². The van der Waals surface area contributed by atoms with Crippen LogP contribution in [0, 0.1) is 11.3 Å². The minimum Gasteiger partial charge on any atom is -0.380 e. The lowest BCUT2D eigenvalue weighted by Crippen LogP contribution is -2.02. The minimum atomic E-state index is 0.558. The number of nitrogens with two attached hydrogens (primary N) is 1. The molecule has 0 saturated heterocycles. The van der Waals surface area contributed by atoms with Crippen LogP contribution in [0.3, 0.4) is 0 Å². The second-order valence-electron chi connectivity index (χ2n) is 4.37. The van der Waals surface area contributed by atoms with Crippen molar-refractivity contribution in [3.8, 4) is 6.07 Å². The van der Waals surface area contributed by atoms with E-state index in [4.69, 9.17) is 5.73 Å². The van der Waals surface area contributed by atoms with Crippen LogP contribution >= 0.6 is 11.8 Å². The van der Waals surface area contributed by atoms with E-state index in [9.17, 15) is 5.26 Å². The average Bonchev–Trinajstić information content (AvgIpc) is 2.52. The summed E-state index contributed by atoms with van der Waals surface area (Å²) in [5.74, 6) is 0. The van der Waals surface area contributed by atoms with Crippen LogP contribution in [0.1, 0.15) is 16.7 Å². The van der Waals surface area contributed by atoms with Crippen molar-refractivity contribution >= 4 is 17.4 Å². The van der Waals surface area contributed by atoms with E-state index in [0.717, 1.165) is 16.1 Å². The van der Waals surface area contributed by atoms with E-state index in [1.54, 1.807) is 11.8 Å². The van der Waals surface area contributed by atoms with Gasteiger partial charge < -0.3 is 11.1 Å². The molecule has 0 aliphatic heterocycles. The van der Waals surface area contributed by atoms with Crippen molar-refractivity contribution in [3.05, 3.63) is 59.2 Å². The summed E-state index contributed by atoms with van der Waals surface area (Å²) in [6.07, 6.45) is 1.98. The van der Waals surface area contributed by atoms with Crippen molar-refractivity contribution in [3.63, 3.8) is 0 Å². The fourth-order valence-corrected chi connectivity index (χ4v) is 2.53. The third-order valence-electron chi connectivity index (χ3n) is 3.10. The quantitative estimate of drug-likeness (QED) is 0.826. The van der Waals surface area contributed by atoms with Gasteiger partial charge >= 0.3 is 0 Å². The number of hydrogen-bond donors (Lipinski definition) is 2. The van der Waals surface area contributed by atoms with Crippen molar-refractivity contribution in [1.82, 2.24) is 0 Å². The van der Waals surface area contributed by atoms with Gasteiger partial charge in [-0.1, -0.05) is 30.3 Å². The van der Waals surface area contributed by atoms with Crippen molar-refractivity contribution in [2.45, 2.75) is 18.0 Å². The first kappa shape index (κ1) is 14.4. The van der Waals surface area contributed by atoms with Crippen LogP contribution in [0.15, 0.2) is 47.4 Å². The SMILES string of the molecule is CSc1cccc(NCc2ccc(CN)cc2)c1C#N. The van der Waals surface area contributed by atoms with E-state index in [1.807, 2.05) is 36.6 Å². The molecule has 0 heterocycles. The normalized spacial score (nSPS) is 10.1. The summed E-state index contributed by atoms with van der Waals surface area (Å²) in [5, 5.41) is 12.6. The molecule has 20 heavy (non-hydrogen) atoms. The molecule has 0 spiro atoms. The van der Waals surface area contributed by atoms with Gasteiger partial charge in [-0.15, -0.1) is 11.8 Å².